The van der Waals surface area contributed by atoms with Crippen molar-refractivity contribution < 1.29 is 24.7 Å². The number of rotatable bonds is 3. The molecule has 1 radical (unpaired) electrons. The molecular weight excluding hydrogens is 175 g/mol. The van der Waals surface area contributed by atoms with E-state index in [9.17, 15) is 0 Å². The number of hydrogen-bond donors (Lipinski definition) is 2. The lowest BCUT2D eigenvalue weighted by atomic mass is 9.60. The van der Waals surface area contributed by atoms with E-state index in [-0.39, 0.29) is 11.7 Å². The van der Waals surface area contributed by atoms with Gasteiger partial charge in [-0.3, -0.25) is 0 Å². The molecule has 0 aromatic heterocycles. The highest BCUT2D eigenvalue weighted by atomic mass is 17.1. The Morgan fingerprint density at radius 1 is 1.62 bits per heavy atom. The van der Waals surface area contributed by atoms with Gasteiger partial charge in [0.05, 0.1) is 0 Å². The Hall–Kier alpha value is -0.975. The standard InChI is InChI=1S/C7H10BO5/c1-4-7(3,8-6(9)13-10)12-5(2)11-4/h6,9-10H,1-2H2,3H3. The largest absolute Gasteiger partial charge is 0.461 e. The molecule has 5 nitrogen and oxygen atoms in total. The minimum Gasteiger partial charge on any atom is -0.461 e. The van der Waals surface area contributed by atoms with Crippen molar-refractivity contribution in [3.05, 3.63) is 24.9 Å². The van der Waals surface area contributed by atoms with Crippen molar-refractivity contribution in [1.29, 1.82) is 0 Å². The van der Waals surface area contributed by atoms with Crippen molar-refractivity contribution in [2.75, 3.05) is 0 Å². The zero-order valence-corrected chi connectivity index (χ0v) is 7.19. The Labute approximate surface area is 76.4 Å². The van der Waals surface area contributed by atoms with E-state index >= 15 is 0 Å². The first kappa shape index (κ1) is 10.1. The molecule has 0 amide bonds. The Balaban J connectivity index is 2.65. The average Bonchev–Trinajstić information content (AvgIpc) is 2.25. The van der Waals surface area contributed by atoms with Gasteiger partial charge >= 0.3 is 0 Å². The minimum absolute atomic E-state index is 0.0916. The molecule has 1 saturated heterocycles. The first-order chi connectivity index (χ1) is 5.98. The van der Waals surface area contributed by atoms with Gasteiger partial charge in [0.25, 0.3) is 13.2 Å². The second-order valence-corrected chi connectivity index (χ2v) is 2.77. The predicted molar refractivity (Wildman–Crippen MR) is 44.3 cm³/mol. The van der Waals surface area contributed by atoms with Crippen LogP contribution in [0.15, 0.2) is 24.9 Å². The summed E-state index contributed by atoms with van der Waals surface area (Å²) >= 11 is 0. The van der Waals surface area contributed by atoms with E-state index in [1.54, 1.807) is 6.92 Å². The fourth-order valence-corrected chi connectivity index (χ4v) is 0.982. The van der Waals surface area contributed by atoms with Crippen molar-refractivity contribution in [2.45, 2.75) is 18.6 Å². The quantitative estimate of drug-likeness (QED) is 0.284. The fourth-order valence-electron chi connectivity index (χ4n) is 0.982. The van der Waals surface area contributed by atoms with E-state index < -0.39 is 11.7 Å². The Morgan fingerprint density at radius 3 is 2.62 bits per heavy atom. The maximum Gasteiger partial charge on any atom is 0.277 e. The third kappa shape index (κ3) is 2.03. The van der Waals surface area contributed by atoms with Gasteiger partial charge in [-0.05, 0) is 13.5 Å². The predicted octanol–water partition coefficient (Wildman–Crippen LogP) is 0.204. The molecule has 71 valence electrons. The van der Waals surface area contributed by atoms with Crippen LogP contribution in [0.4, 0.5) is 0 Å². The molecule has 0 spiro atoms. The summed E-state index contributed by atoms with van der Waals surface area (Å²) in [5.74, 6) is 0.363. The lowest BCUT2D eigenvalue weighted by molar-refractivity contribution is -0.307. The van der Waals surface area contributed by atoms with Crippen LogP contribution < -0.4 is 0 Å². The molecule has 2 N–H and O–H groups in total. The summed E-state index contributed by atoms with van der Waals surface area (Å²) in [5, 5.41) is 17.1. The second-order valence-electron chi connectivity index (χ2n) is 2.77. The zero-order valence-electron chi connectivity index (χ0n) is 7.19. The highest BCUT2D eigenvalue weighted by Crippen LogP contribution is 2.32. The molecule has 1 aliphatic heterocycles. The summed E-state index contributed by atoms with van der Waals surface area (Å²) in [5.41, 5.74) is -1.03. The molecule has 0 saturated carbocycles. The third-order valence-corrected chi connectivity index (χ3v) is 1.69. The summed E-state index contributed by atoms with van der Waals surface area (Å²) in [7, 11) is 1.19. The zero-order chi connectivity index (χ0) is 10.1. The van der Waals surface area contributed by atoms with Crippen LogP contribution in [0, 0.1) is 0 Å². The molecule has 2 unspecified atom stereocenters. The number of ether oxygens (including phenoxy) is 2. The van der Waals surface area contributed by atoms with Gasteiger partial charge in [-0.2, -0.15) is 0 Å². The Bertz CT molecular complexity index is 241. The van der Waals surface area contributed by atoms with Gasteiger partial charge in [0.1, 0.15) is 11.3 Å². The monoisotopic (exact) mass is 185 g/mol. The molecule has 2 atom stereocenters. The molecule has 6 heteroatoms. The smallest absolute Gasteiger partial charge is 0.277 e. The fraction of sp³-hybridized carbons (Fsp3) is 0.429. The van der Waals surface area contributed by atoms with Gasteiger partial charge in [-0.25, -0.2) is 10.1 Å². The topological polar surface area (TPSA) is 68.2 Å². The molecule has 1 heterocycles. The van der Waals surface area contributed by atoms with Gasteiger partial charge in [0, 0.05) is 0 Å². The maximum atomic E-state index is 8.95. The summed E-state index contributed by atoms with van der Waals surface area (Å²) in [6.07, 6.45) is -1.46. The number of aliphatic hydroxyl groups is 1. The number of aliphatic hydroxyl groups excluding tert-OH is 1. The lowest BCUT2D eigenvalue weighted by Crippen LogP contribution is -2.41. The summed E-state index contributed by atoms with van der Waals surface area (Å²) in [6, 6.07) is 0. The van der Waals surface area contributed by atoms with Gasteiger partial charge in [0.15, 0.2) is 6.19 Å². The summed E-state index contributed by atoms with van der Waals surface area (Å²) in [6.45, 7) is 8.57. The van der Waals surface area contributed by atoms with E-state index in [0.717, 1.165) is 0 Å². The molecule has 1 fully saturated rings. The average molecular weight is 185 g/mol. The van der Waals surface area contributed by atoms with Gasteiger partial charge in [-0.1, -0.05) is 6.58 Å². The summed E-state index contributed by atoms with van der Waals surface area (Å²) in [4.78, 5) is 3.65. The molecule has 0 aliphatic carbocycles. The van der Waals surface area contributed by atoms with Crippen LogP contribution >= 0.6 is 0 Å². The van der Waals surface area contributed by atoms with Gasteiger partial charge in [-0.15, -0.1) is 0 Å². The molecule has 0 aromatic carbocycles. The van der Waals surface area contributed by atoms with Crippen LogP contribution in [0.2, 0.25) is 0 Å². The minimum atomic E-state index is -1.46. The van der Waals surface area contributed by atoms with Gasteiger partial charge in [0.2, 0.25) is 0 Å². The van der Waals surface area contributed by atoms with E-state index in [4.69, 9.17) is 19.8 Å². The van der Waals surface area contributed by atoms with E-state index in [1.165, 1.54) is 7.28 Å². The van der Waals surface area contributed by atoms with Crippen molar-refractivity contribution in [3.8, 4) is 0 Å². The van der Waals surface area contributed by atoms with Crippen LogP contribution in [0.3, 0.4) is 0 Å². The normalized spacial score (nSPS) is 29.5. The lowest BCUT2D eigenvalue weighted by Gasteiger charge is -2.21. The first-order valence-corrected chi connectivity index (χ1v) is 3.57. The van der Waals surface area contributed by atoms with Gasteiger partial charge < -0.3 is 14.6 Å². The Morgan fingerprint density at radius 2 is 2.23 bits per heavy atom. The third-order valence-electron chi connectivity index (χ3n) is 1.69. The highest BCUT2D eigenvalue weighted by molar-refractivity contribution is 6.41. The van der Waals surface area contributed by atoms with Crippen LogP contribution in [-0.4, -0.2) is 29.3 Å². The van der Waals surface area contributed by atoms with Crippen molar-refractivity contribution in [2.24, 2.45) is 0 Å². The molecule has 0 bridgehead atoms. The summed E-state index contributed by atoms with van der Waals surface area (Å²) < 4.78 is 10.0. The van der Waals surface area contributed by atoms with E-state index in [1.807, 2.05) is 0 Å². The van der Waals surface area contributed by atoms with Crippen LogP contribution in [0.5, 0.6) is 0 Å². The molecule has 13 heavy (non-hydrogen) atoms. The van der Waals surface area contributed by atoms with Crippen molar-refractivity contribution >= 4 is 7.28 Å². The Kier molecular flexibility index (Phi) is 2.65. The van der Waals surface area contributed by atoms with Crippen LogP contribution in [0.25, 0.3) is 0 Å². The van der Waals surface area contributed by atoms with E-state index in [2.05, 4.69) is 18.0 Å². The maximum absolute atomic E-state index is 8.95. The van der Waals surface area contributed by atoms with Crippen molar-refractivity contribution in [1.82, 2.24) is 0 Å². The second kappa shape index (κ2) is 3.41. The molecule has 1 rings (SSSR count). The SMILES string of the molecule is C=C1OC(=C)C(C)([B]C(O)OO)O1. The molecule has 0 aromatic rings. The first-order valence-electron chi connectivity index (χ1n) is 3.57. The van der Waals surface area contributed by atoms with E-state index in [0.29, 0.717) is 0 Å². The van der Waals surface area contributed by atoms with Crippen LogP contribution in [-0.2, 0) is 14.4 Å². The van der Waals surface area contributed by atoms with Crippen LogP contribution in [0.1, 0.15) is 6.92 Å². The number of hydrogen-bond acceptors (Lipinski definition) is 5. The molecular formula is C7H10BO5. The molecule has 1 aliphatic rings. The highest BCUT2D eigenvalue weighted by Gasteiger charge is 2.42. The van der Waals surface area contributed by atoms with Crippen molar-refractivity contribution in [3.63, 3.8) is 0 Å².